The summed E-state index contributed by atoms with van der Waals surface area (Å²) >= 11 is 0. The Balaban J connectivity index is 2.32. The van der Waals surface area contributed by atoms with Crippen molar-refractivity contribution in [3.05, 3.63) is 65.7 Å². The first-order chi connectivity index (χ1) is 10.3. The molecule has 0 fully saturated rings. The quantitative estimate of drug-likeness (QED) is 0.680. The van der Waals surface area contributed by atoms with Crippen molar-refractivity contribution in [3.8, 4) is 0 Å². The van der Waals surface area contributed by atoms with Gasteiger partial charge in [-0.1, -0.05) is 30.3 Å². The molecule has 2 rings (SSSR count). The number of halogens is 2. The van der Waals surface area contributed by atoms with Crippen LogP contribution in [-0.2, 0) is 9.84 Å². The molecule has 0 bridgehead atoms. The maximum absolute atomic E-state index is 13.6. The van der Waals surface area contributed by atoms with E-state index in [9.17, 15) is 17.2 Å². The van der Waals surface area contributed by atoms with Crippen LogP contribution in [0, 0.1) is 11.6 Å². The lowest BCUT2D eigenvalue weighted by Gasteiger charge is -2.08. The van der Waals surface area contributed by atoms with Crippen LogP contribution in [0.1, 0.15) is 5.56 Å². The number of hydrazone groups is 1. The molecule has 4 nitrogen and oxygen atoms in total. The van der Waals surface area contributed by atoms with E-state index in [0.29, 0.717) is 5.56 Å². The first-order valence-corrected chi connectivity index (χ1v) is 8.42. The summed E-state index contributed by atoms with van der Waals surface area (Å²) in [6, 6.07) is 11.7. The third-order valence-electron chi connectivity index (χ3n) is 2.75. The zero-order valence-electron chi connectivity index (χ0n) is 11.8. The monoisotopic (exact) mass is 324 g/mol. The highest BCUT2D eigenvalue weighted by Crippen LogP contribution is 2.15. The second-order valence-corrected chi connectivity index (χ2v) is 6.87. The third kappa shape index (κ3) is 4.63. The average Bonchev–Trinajstić information content (AvgIpc) is 2.45. The molecule has 0 unspecified atom stereocenters. The lowest BCUT2D eigenvalue weighted by atomic mass is 10.1. The van der Waals surface area contributed by atoms with Gasteiger partial charge in [0.2, 0.25) is 0 Å². The van der Waals surface area contributed by atoms with Crippen molar-refractivity contribution in [1.82, 2.24) is 0 Å². The molecule has 0 aliphatic rings. The van der Waals surface area contributed by atoms with Crippen LogP contribution in [0.5, 0.6) is 0 Å². The van der Waals surface area contributed by atoms with Gasteiger partial charge < -0.3 is 0 Å². The Kier molecular flexibility index (Phi) is 4.87. The van der Waals surface area contributed by atoms with Crippen LogP contribution in [0.4, 0.5) is 14.5 Å². The van der Waals surface area contributed by atoms with E-state index < -0.39 is 21.5 Å². The van der Waals surface area contributed by atoms with Gasteiger partial charge in [0.15, 0.2) is 15.7 Å². The Morgan fingerprint density at radius 2 is 1.82 bits per heavy atom. The van der Waals surface area contributed by atoms with Crippen molar-refractivity contribution in [2.75, 3.05) is 17.4 Å². The SMILES string of the molecule is CS(=O)(=O)CC(=NNc1ccc(F)cc1F)c1ccccc1. The van der Waals surface area contributed by atoms with E-state index in [4.69, 9.17) is 0 Å². The second-order valence-electron chi connectivity index (χ2n) is 4.73. The molecule has 0 amide bonds. The maximum atomic E-state index is 13.6. The van der Waals surface area contributed by atoms with Gasteiger partial charge >= 0.3 is 0 Å². The summed E-state index contributed by atoms with van der Waals surface area (Å²) in [4.78, 5) is 0. The van der Waals surface area contributed by atoms with Crippen LogP contribution >= 0.6 is 0 Å². The molecule has 0 saturated carbocycles. The first kappa shape index (κ1) is 16.1. The molecule has 2 aromatic carbocycles. The summed E-state index contributed by atoms with van der Waals surface area (Å²) in [5, 5.41) is 3.97. The molecule has 0 saturated heterocycles. The normalized spacial score (nSPS) is 12.2. The van der Waals surface area contributed by atoms with E-state index >= 15 is 0 Å². The van der Waals surface area contributed by atoms with Crippen molar-refractivity contribution in [2.24, 2.45) is 5.10 Å². The first-order valence-electron chi connectivity index (χ1n) is 6.36. The number of benzene rings is 2. The van der Waals surface area contributed by atoms with E-state index in [1.165, 1.54) is 6.07 Å². The van der Waals surface area contributed by atoms with Crippen molar-refractivity contribution in [2.45, 2.75) is 0 Å². The van der Waals surface area contributed by atoms with Gasteiger partial charge in [0.1, 0.15) is 5.82 Å². The van der Waals surface area contributed by atoms with E-state index in [0.717, 1.165) is 18.4 Å². The van der Waals surface area contributed by atoms with Gasteiger partial charge in [0.05, 0.1) is 17.2 Å². The fraction of sp³-hybridized carbons (Fsp3) is 0.133. The minimum Gasteiger partial charge on any atom is -0.275 e. The second kappa shape index (κ2) is 6.65. The number of hydrogen-bond acceptors (Lipinski definition) is 4. The summed E-state index contributed by atoms with van der Waals surface area (Å²) in [7, 11) is -3.32. The molecule has 0 heterocycles. The van der Waals surface area contributed by atoms with Gasteiger partial charge in [0, 0.05) is 12.3 Å². The molecule has 1 N–H and O–H groups in total. The van der Waals surface area contributed by atoms with Crippen molar-refractivity contribution < 1.29 is 17.2 Å². The zero-order chi connectivity index (χ0) is 16.2. The van der Waals surface area contributed by atoms with Gasteiger partial charge in [-0.05, 0) is 17.7 Å². The number of anilines is 1. The fourth-order valence-electron chi connectivity index (χ4n) is 1.77. The van der Waals surface area contributed by atoms with Gasteiger partial charge in [0.25, 0.3) is 0 Å². The molecule has 2 aromatic rings. The molecule has 7 heteroatoms. The Bertz CT molecular complexity index is 790. The minimum absolute atomic E-state index is 0.0386. The molecule has 22 heavy (non-hydrogen) atoms. The Hall–Kier alpha value is -2.28. The summed E-state index contributed by atoms with van der Waals surface area (Å²) in [6.45, 7) is 0. The summed E-state index contributed by atoms with van der Waals surface area (Å²) in [5.74, 6) is -1.81. The maximum Gasteiger partial charge on any atom is 0.153 e. The summed E-state index contributed by atoms with van der Waals surface area (Å²) in [5.41, 5.74) is 3.25. The molecule has 0 aromatic heterocycles. The van der Waals surface area contributed by atoms with Crippen molar-refractivity contribution in [3.63, 3.8) is 0 Å². The van der Waals surface area contributed by atoms with Gasteiger partial charge in [-0.2, -0.15) is 5.10 Å². The molecular formula is C15H14F2N2O2S. The van der Waals surface area contributed by atoms with Crippen molar-refractivity contribution >= 4 is 21.2 Å². The molecule has 0 atom stereocenters. The van der Waals surface area contributed by atoms with E-state index in [-0.39, 0.29) is 17.2 Å². The average molecular weight is 324 g/mol. The Morgan fingerprint density at radius 3 is 2.41 bits per heavy atom. The zero-order valence-corrected chi connectivity index (χ0v) is 12.6. The molecule has 0 aliphatic carbocycles. The molecular weight excluding hydrogens is 310 g/mol. The number of rotatable bonds is 5. The highest BCUT2D eigenvalue weighted by atomic mass is 32.2. The van der Waals surface area contributed by atoms with Crippen LogP contribution in [0.25, 0.3) is 0 Å². The van der Waals surface area contributed by atoms with E-state index in [2.05, 4.69) is 10.5 Å². The highest BCUT2D eigenvalue weighted by molar-refractivity contribution is 7.91. The Labute approximate surface area is 127 Å². The van der Waals surface area contributed by atoms with Crippen LogP contribution in [0.15, 0.2) is 53.6 Å². The van der Waals surface area contributed by atoms with E-state index in [1.54, 1.807) is 30.3 Å². The summed E-state index contributed by atoms with van der Waals surface area (Å²) in [6.07, 6.45) is 1.09. The standard InChI is InChI=1S/C15H14F2N2O2S/c1-22(20,21)10-15(11-5-3-2-4-6-11)19-18-14-8-7-12(16)9-13(14)17/h2-9,18H,10H2,1H3. The smallest absolute Gasteiger partial charge is 0.153 e. The Morgan fingerprint density at radius 1 is 1.14 bits per heavy atom. The minimum atomic E-state index is -3.32. The van der Waals surface area contributed by atoms with Gasteiger partial charge in [-0.3, -0.25) is 5.43 Å². The number of nitrogens with zero attached hydrogens (tertiary/aromatic N) is 1. The van der Waals surface area contributed by atoms with Crippen LogP contribution in [-0.4, -0.2) is 26.1 Å². The van der Waals surface area contributed by atoms with Crippen molar-refractivity contribution in [1.29, 1.82) is 0 Å². The predicted octanol–water partition coefficient (Wildman–Crippen LogP) is 2.83. The topological polar surface area (TPSA) is 58.5 Å². The fourth-order valence-corrected chi connectivity index (χ4v) is 2.49. The lowest BCUT2D eigenvalue weighted by Crippen LogP contribution is -2.17. The summed E-state index contributed by atoms with van der Waals surface area (Å²) < 4.78 is 49.4. The predicted molar refractivity (Wildman–Crippen MR) is 82.7 cm³/mol. The molecule has 0 aliphatic heterocycles. The molecule has 116 valence electrons. The van der Waals surface area contributed by atoms with Gasteiger partial charge in [-0.15, -0.1) is 0 Å². The van der Waals surface area contributed by atoms with E-state index in [1.807, 2.05) is 0 Å². The highest BCUT2D eigenvalue weighted by Gasteiger charge is 2.12. The largest absolute Gasteiger partial charge is 0.275 e. The van der Waals surface area contributed by atoms with Crippen LogP contribution < -0.4 is 5.43 Å². The molecule has 0 radical (unpaired) electrons. The van der Waals surface area contributed by atoms with Crippen LogP contribution in [0.2, 0.25) is 0 Å². The third-order valence-corrected chi connectivity index (χ3v) is 3.55. The lowest BCUT2D eigenvalue weighted by molar-refractivity contribution is 0.585. The van der Waals surface area contributed by atoms with Gasteiger partial charge in [-0.25, -0.2) is 17.2 Å². The van der Waals surface area contributed by atoms with Crippen LogP contribution in [0.3, 0.4) is 0 Å². The molecule has 0 spiro atoms. The number of hydrogen-bond donors (Lipinski definition) is 1. The number of nitrogens with one attached hydrogen (secondary N) is 1. The number of sulfone groups is 1.